The highest BCUT2D eigenvalue weighted by Gasteiger charge is 2.11. The van der Waals surface area contributed by atoms with E-state index in [2.05, 4.69) is 10.3 Å². The molecule has 1 heterocycles. The maximum atomic E-state index is 13.0. The molecule has 0 aliphatic rings. The highest BCUT2D eigenvalue weighted by atomic mass is 32.1. The number of esters is 1. The lowest BCUT2D eigenvalue weighted by Gasteiger charge is -2.07. The molecule has 1 amide bonds. The normalized spacial score (nSPS) is 10.4. The zero-order chi connectivity index (χ0) is 20.6. The van der Waals surface area contributed by atoms with E-state index in [-0.39, 0.29) is 18.8 Å². The standard InChI is InChI=1S/C21H19FN2O4S/c1-14-3-2-4-17(11-14)27-10-9-20(26)28-12-19(25)24-21-23-18(13-29-21)15-5-7-16(22)8-6-15/h2-8,11,13H,9-10,12H2,1H3,(H,23,24,25). The molecule has 0 aliphatic carbocycles. The number of benzene rings is 2. The van der Waals surface area contributed by atoms with Crippen molar-refractivity contribution in [2.24, 2.45) is 0 Å². The Morgan fingerprint density at radius 3 is 2.72 bits per heavy atom. The summed E-state index contributed by atoms with van der Waals surface area (Å²) >= 11 is 1.23. The summed E-state index contributed by atoms with van der Waals surface area (Å²) in [7, 11) is 0. The van der Waals surface area contributed by atoms with Gasteiger partial charge in [0.15, 0.2) is 11.7 Å². The van der Waals surface area contributed by atoms with Gasteiger partial charge < -0.3 is 9.47 Å². The summed E-state index contributed by atoms with van der Waals surface area (Å²) in [5.41, 5.74) is 2.42. The molecule has 8 heteroatoms. The van der Waals surface area contributed by atoms with Crippen molar-refractivity contribution < 1.29 is 23.5 Å². The number of hydrogen-bond acceptors (Lipinski definition) is 6. The van der Waals surface area contributed by atoms with Crippen molar-refractivity contribution in [3.05, 3.63) is 65.3 Å². The molecule has 0 unspecified atom stereocenters. The number of rotatable bonds is 8. The molecule has 3 rings (SSSR count). The SMILES string of the molecule is Cc1cccc(OCCC(=O)OCC(=O)Nc2nc(-c3ccc(F)cc3)cs2)c1. The van der Waals surface area contributed by atoms with Crippen LogP contribution in [0.25, 0.3) is 11.3 Å². The van der Waals surface area contributed by atoms with Gasteiger partial charge in [-0.1, -0.05) is 12.1 Å². The molecule has 0 aliphatic heterocycles. The number of nitrogens with one attached hydrogen (secondary N) is 1. The van der Waals surface area contributed by atoms with Crippen LogP contribution in [0.2, 0.25) is 0 Å². The first kappa shape index (κ1) is 20.5. The summed E-state index contributed by atoms with van der Waals surface area (Å²) in [5, 5.41) is 4.69. The monoisotopic (exact) mass is 414 g/mol. The summed E-state index contributed by atoms with van der Waals surface area (Å²) in [6.45, 7) is 1.71. The van der Waals surface area contributed by atoms with E-state index in [1.165, 1.54) is 23.5 Å². The largest absolute Gasteiger partial charge is 0.493 e. The molecule has 0 atom stereocenters. The Bertz CT molecular complexity index is 988. The van der Waals surface area contributed by atoms with E-state index in [1.807, 2.05) is 25.1 Å². The summed E-state index contributed by atoms with van der Waals surface area (Å²) < 4.78 is 23.4. The Morgan fingerprint density at radius 1 is 1.17 bits per heavy atom. The number of carbonyl (C=O) groups excluding carboxylic acids is 2. The number of anilines is 1. The maximum Gasteiger partial charge on any atom is 0.309 e. The van der Waals surface area contributed by atoms with E-state index >= 15 is 0 Å². The van der Waals surface area contributed by atoms with E-state index in [0.717, 1.165) is 11.1 Å². The summed E-state index contributed by atoms with van der Waals surface area (Å²) in [4.78, 5) is 28.0. The molecule has 0 radical (unpaired) electrons. The van der Waals surface area contributed by atoms with E-state index in [0.29, 0.717) is 16.6 Å². The number of carbonyl (C=O) groups is 2. The van der Waals surface area contributed by atoms with Crippen molar-refractivity contribution in [2.45, 2.75) is 13.3 Å². The van der Waals surface area contributed by atoms with Crippen LogP contribution in [0.5, 0.6) is 5.75 Å². The lowest BCUT2D eigenvalue weighted by molar-refractivity contribution is -0.147. The predicted molar refractivity (Wildman–Crippen MR) is 108 cm³/mol. The van der Waals surface area contributed by atoms with Gasteiger partial charge in [-0.05, 0) is 48.9 Å². The summed E-state index contributed by atoms with van der Waals surface area (Å²) in [6, 6.07) is 13.4. The third-order valence-electron chi connectivity index (χ3n) is 3.82. The molecular weight excluding hydrogens is 395 g/mol. The molecule has 0 saturated heterocycles. The number of nitrogens with zero attached hydrogens (tertiary/aromatic N) is 1. The van der Waals surface area contributed by atoms with Gasteiger partial charge in [0.2, 0.25) is 0 Å². The number of aryl methyl sites for hydroxylation is 1. The molecule has 0 spiro atoms. The summed E-state index contributed by atoms with van der Waals surface area (Å²) in [5.74, 6) is -0.670. The van der Waals surface area contributed by atoms with Crippen molar-refractivity contribution in [3.63, 3.8) is 0 Å². The van der Waals surface area contributed by atoms with Crippen molar-refractivity contribution in [1.82, 2.24) is 4.98 Å². The van der Waals surface area contributed by atoms with Crippen molar-refractivity contribution in [3.8, 4) is 17.0 Å². The average Bonchev–Trinajstić information content (AvgIpc) is 3.15. The number of halogens is 1. The molecule has 2 aromatic carbocycles. The van der Waals surface area contributed by atoms with Crippen molar-refractivity contribution >= 4 is 28.3 Å². The Kier molecular flexibility index (Phi) is 6.91. The van der Waals surface area contributed by atoms with Gasteiger partial charge in [0, 0.05) is 10.9 Å². The van der Waals surface area contributed by atoms with E-state index < -0.39 is 18.5 Å². The zero-order valence-electron chi connectivity index (χ0n) is 15.7. The minimum atomic E-state index is -0.529. The van der Waals surface area contributed by atoms with Crippen LogP contribution in [-0.2, 0) is 14.3 Å². The highest BCUT2D eigenvalue weighted by molar-refractivity contribution is 7.14. The number of hydrogen-bond donors (Lipinski definition) is 1. The van der Waals surface area contributed by atoms with Gasteiger partial charge >= 0.3 is 5.97 Å². The molecule has 1 N–H and O–H groups in total. The molecule has 0 fully saturated rings. The highest BCUT2D eigenvalue weighted by Crippen LogP contribution is 2.25. The van der Waals surface area contributed by atoms with Crippen LogP contribution < -0.4 is 10.1 Å². The first-order chi connectivity index (χ1) is 14.0. The van der Waals surface area contributed by atoms with Gasteiger partial charge in [-0.2, -0.15) is 0 Å². The quantitative estimate of drug-likeness (QED) is 0.559. The molecule has 29 heavy (non-hydrogen) atoms. The van der Waals surface area contributed by atoms with Crippen LogP contribution in [-0.4, -0.2) is 30.1 Å². The minimum absolute atomic E-state index is 0.0349. The summed E-state index contributed by atoms with van der Waals surface area (Å²) in [6.07, 6.45) is 0.0349. The van der Waals surface area contributed by atoms with Crippen LogP contribution in [0.15, 0.2) is 53.9 Å². The second kappa shape index (κ2) is 9.79. The number of thiazole rings is 1. The second-order valence-electron chi connectivity index (χ2n) is 6.17. The van der Waals surface area contributed by atoms with Crippen LogP contribution >= 0.6 is 11.3 Å². The first-order valence-electron chi connectivity index (χ1n) is 8.86. The van der Waals surface area contributed by atoms with Gasteiger partial charge in [0.25, 0.3) is 5.91 Å². The van der Waals surface area contributed by atoms with E-state index in [9.17, 15) is 14.0 Å². The number of ether oxygens (including phenoxy) is 2. The fraction of sp³-hybridized carbons (Fsp3) is 0.190. The Balaban J connectivity index is 1.39. The maximum absolute atomic E-state index is 13.0. The molecular formula is C21H19FN2O4S. The minimum Gasteiger partial charge on any atom is -0.493 e. The smallest absolute Gasteiger partial charge is 0.309 e. The Labute approximate surface area is 171 Å². The lowest BCUT2D eigenvalue weighted by atomic mass is 10.2. The van der Waals surface area contributed by atoms with Gasteiger partial charge in [-0.3, -0.25) is 14.9 Å². The third-order valence-corrected chi connectivity index (χ3v) is 4.58. The van der Waals surface area contributed by atoms with Crippen LogP contribution in [0, 0.1) is 12.7 Å². The first-order valence-corrected chi connectivity index (χ1v) is 9.74. The molecule has 0 saturated carbocycles. The topological polar surface area (TPSA) is 77.5 Å². The number of amides is 1. The van der Waals surface area contributed by atoms with E-state index in [1.54, 1.807) is 23.6 Å². The van der Waals surface area contributed by atoms with Gasteiger partial charge in [-0.25, -0.2) is 9.37 Å². The Hall–Kier alpha value is -3.26. The van der Waals surface area contributed by atoms with Crippen LogP contribution in [0.4, 0.5) is 9.52 Å². The van der Waals surface area contributed by atoms with Gasteiger partial charge in [0.1, 0.15) is 11.6 Å². The van der Waals surface area contributed by atoms with Crippen molar-refractivity contribution in [1.29, 1.82) is 0 Å². The van der Waals surface area contributed by atoms with E-state index in [4.69, 9.17) is 9.47 Å². The molecule has 3 aromatic rings. The molecule has 1 aromatic heterocycles. The molecule has 0 bridgehead atoms. The van der Waals surface area contributed by atoms with Gasteiger partial charge in [0.05, 0.1) is 18.7 Å². The third kappa shape index (κ3) is 6.39. The molecule has 6 nitrogen and oxygen atoms in total. The zero-order valence-corrected chi connectivity index (χ0v) is 16.5. The lowest BCUT2D eigenvalue weighted by Crippen LogP contribution is -2.21. The Morgan fingerprint density at radius 2 is 1.97 bits per heavy atom. The van der Waals surface area contributed by atoms with Crippen LogP contribution in [0.1, 0.15) is 12.0 Å². The van der Waals surface area contributed by atoms with Gasteiger partial charge in [-0.15, -0.1) is 11.3 Å². The average molecular weight is 414 g/mol. The van der Waals surface area contributed by atoms with Crippen molar-refractivity contribution in [2.75, 3.05) is 18.5 Å². The number of aromatic nitrogens is 1. The fourth-order valence-corrected chi connectivity index (χ4v) is 3.15. The fourth-order valence-electron chi connectivity index (χ4n) is 2.42. The van der Waals surface area contributed by atoms with Crippen LogP contribution in [0.3, 0.4) is 0 Å². The second-order valence-corrected chi connectivity index (χ2v) is 7.03. The molecule has 150 valence electrons. The predicted octanol–water partition coefficient (Wildman–Crippen LogP) is 4.21.